The Morgan fingerprint density at radius 1 is 0.867 bits per heavy atom. The van der Waals surface area contributed by atoms with Crippen molar-refractivity contribution in [2.45, 2.75) is 18.5 Å². The molecule has 1 aliphatic heterocycles. The summed E-state index contributed by atoms with van der Waals surface area (Å²) in [5.41, 5.74) is 0.331. The number of ketones is 1. The Labute approximate surface area is 182 Å². The molecule has 4 rings (SSSR count). The minimum Gasteiger partial charge on any atom is -0.315 e. The first kappa shape index (κ1) is 20.0. The fourth-order valence-corrected chi connectivity index (χ4v) is 4.07. The van der Waals surface area contributed by atoms with Crippen LogP contribution in [-0.2, 0) is 10.3 Å². The second-order valence-electron chi connectivity index (χ2n) is 7.13. The Kier molecular flexibility index (Phi) is 5.26. The van der Waals surface area contributed by atoms with Gasteiger partial charge < -0.3 is 5.32 Å². The summed E-state index contributed by atoms with van der Waals surface area (Å²) >= 11 is 3.34. The van der Waals surface area contributed by atoms with Crippen LogP contribution in [0.1, 0.15) is 28.4 Å². The molecule has 1 heterocycles. The van der Waals surface area contributed by atoms with Crippen molar-refractivity contribution in [2.24, 2.45) is 0 Å². The molecule has 3 aromatic rings. The number of benzene rings is 3. The maximum atomic E-state index is 13.8. The third kappa shape index (κ3) is 3.23. The molecule has 0 spiro atoms. The van der Waals surface area contributed by atoms with Crippen molar-refractivity contribution in [3.8, 4) is 0 Å². The lowest BCUT2D eigenvalue weighted by atomic mass is 9.82. The molecule has 1 N–H and O–H groups in total. The normalized spacial score (nSPS) is 16.3. The summed E-state index contributed by atoms with van der Waals surface area (Å²) in [5, 5.41) is 2.87. The summed E-state index contributed by atoms with van der Waals surface area (Å²) in [4.78, 5) is 40.8. The number of hydrogen-bond acceptors (Lipinski definition) is 3. The van der Waals surface area contributed by atoms with Gasteiger partial charge in [-0.05, 0) is 30.2 Å². The zero-order valence-corrected chi connectivity index (χ0v) is 17.8. The van der Waals surface area contributed by atoms with E-state index in [1.165, 1.54) is 0 Å². The van der Waals surface area contributed by atoms with Gasteiger partial charge in [-0.25, -0.2) is 4.79 Å². The number of Topliss-reactive ketones (excluding diaryl/α,β-unsaturated/α-hetero) is 1. The highest BCUT2D eigenvalue weighted by Crippen LogP contribution is 2.37. The Morgan fingerprint density at radius 3 is 1.87 bits per heavy atom. The van der Waals surface area contributed by atoms with Crippen LogP contribution in [0.25, 0.3) is 0 Å². The molecule has 3 amide bonds. The lowest BCUT2D eigenvalue weighted by Crippen LogP contribution is -2.47. The van der Waals surface area contributed by atoms with Crippen molar-refractivity contribution < 1.29 is 14.4 Å². The van der Waals surface area contributed by atoms with Crippen LogP contribution >= 0.6 is 15.9 Å². The summed E-state index contributed by atoms with van der Waals surface area (Å²) in [6, 6.07) is 23.5. The van der Waals surface area contributed by atoms with Gasteiger partial charge in [0.2, 0.25) is 0 Å². The highest BCUT2D eigenvalue weighted by Gasteiger charge is 2.55. The highest BCUT2D eigenvalue weighted by atomic mass is 79.9. The second kappa shape index (κ2) is 7.88. The van der Waals surface area contributed by atoms with E-state index in [0.717, 1.165) is 9.37 Å². The van der Waals surface area contributed by atoms with Gasteiger partial charge in [-0.15, -0.1) is 0 Å². The van der Waals surface area contributed by atoms with E-state index in [0.29, 0.717) is 16.7 Å². The Morgan fingerprint density at radius 2 is 1.37 bits per heavy atom. The fraction of sp³-hybridized carbons (Fsp3) is 0.125. The van der Waals surface area contributed by atoms with Crippen molar-refractivity contribution in [2.75, 3.05) is 0 Å². The molecule has 1 atom stereocenters. The predicted octanol–water partition coefficient (Wildman–Crippen LogP) is 4.52. The average molecular weight is 463 g/mol. The molecule has 1 saturated heterocycles. The first-order valence-electron chi connectivity index (χ1n) is 9.52. The minimum absolute atomic E-state index is 0.303. The molecule has 0 saturated carbocycles. The number of rotatable bonds is 5. The van der Waals surface area contributed by atoms with Gasteiger partial charge in [0.15, 0.2) is 11.3 Å². The zero-order valence-electron chi connectivity index (χ0n) is 16.2. The minimum atomic E-state index is -1.38. The SMILES string of the molecule is C[C@H](C(=O)c1ccc(Br)cc1)N1C(=O)NC(c2ccccc2)(c2ccccc2)C1=O. The summed E-state index contributed by atoms with van der Waals surface area (Å²) < 4.78 is 0.842. The molecular formula is C24H19BrN2O3. The first-order valence-corrected chi connectivity index (χ1v) is 10.3. The molecule has 0 aliphatic carbocycles. The van der Waals surface area contributed by atoms with Crippen LogP contribution in [0.4, 0.5) is 4.79 Å². The van der Waals surface area contributed by atoms with Gasteiger partial charge in [-0.1, -0.05) is 88.7 Å². The topological polar surface area (TPSA) is 66.5 Å². The maximum absolute atomic E-state index is 13.8. The fourth-order valence-electron chi connectivity index (χ4n) is 3.81. The van der Waals surface area contributed by atoms with Crippen LogP contribution in [0.3, 0.4) is 0 Å². The van der Waals surface area contributed by atoms with Crippen molar-refractivity contribution >= 4 is 33.7 Å². The maximum Gasteiger partial charge on any atom is 0.326 e. The Bertz CT molecular complexity index is 1060. The number of amides is 3. The molecule has 0 bridgehead atoms. The predicted molar refractivity (Wildman–Crippen MR) is 117 cm³/mol. The third-order valence-electron chi connectivity index (χ3n) is 5.36. The van der Waals surface area contributed by atoms with Gasteiger partial charge >= 0.3 is 6.03 Å². The lowest BCUT2D eigenvalue weighted by molar-refractivity contribution is -0.131. The van der Waals surface area contributed by atoms with Crippen LogP contribution in [0.15, 0.2) is 89.4 Å². The van der Waals surface area contributed by atoms with Gasteiger partial charge in [-0.3, -0.25) is 14.5 Å². The summed E-state index contributed by atoms with van der Waals surface area (Å²) in [6.45, 7) is 1.58. The van der Waals surface area contributed by atoms with Crippen molar-refractivity contribution in [3.63, 3.8) is 0 Å². The van der Waals surface area contributed by atoms with E-state index in [4.69, 9.17) is 0 Å². The molecule has 150 valence electrons. The number of carbonyl (C=O) groups excluding carboxylic acids is 3. The monoisotopic (exact) mass is 462 g/mol. The number of urea groups is 1. The molecule has 0 radical (unpaired) electrons. The number of nitrogens with one attached hydrogen (secondary N) is 1. The van der Waals surface area contributed by atoms with Crippen molar-refractivity contribution in [3.05, 3.63) is 106 Å². The largest absolute Gasteiger partial charge is 0.326 e. The lowest BCUT2D eigenvalue weighted by Gasteiger charge is -2.29. The van der Waals surface area contributed by atoms with E-state index >= 15 is 0 Å². The molecule has 30 heavy (non-hydrogen) atoms. The number of imide groups is 1. The van der Waals surface area contributed by atoms with Crippen molar-refractivity contribution in [1.82, 2.24) is 10.2 Å². The summed E-state index contributed by atoms with van der Waals surface area (Å²) in [6.07, 6.45) is 0. The van der Waals surface area contributed by atoms with Gasteiger partial charge in [0.25, 0.3) is 5.91 Å². The van der Waals surface area contributed by atoms with E-state index in [-0.39, 0.29) is 5.78 Å². The summed E-state index contributed by atoms with van der Waals surface area (Å²) in [7, 11) is 0. The Hall–Kier alpha value is -3.25. The average Bonchev–Trinajstić information content (AvgIpc) is 3.05. The van der Waals surface area contributed by atoms with Crippen LogP contribution in [0.2, 0.25) is 0 Å². The number of nitrogens with zero attached hydrogens (tertiary/aromatic N) is 1. The number of halogens is 1. The quantitative estimate of drug-likeness (QED) is 0.447. The third-order valence-corrected chi connectivity index (χ3v) is 5.89. The van der Waals surface area contributed by atoms with Crippen LogP contribution in [0, 0.1) is 0 Å². The van der Waals surface area contributed by atoms with Gasteiger partial charge in [0.1, 0.15) is 6.04 Å². The Balaban J connectivity index is 1.77. The van der Waals surface area contributed by atoms with E-state index in [9.17, 15) is 14.4 Å². The highest BCUT2D eigenvalue weighted by molar-refractivity contribution is 9.10. The van der Waals surface area contributed by atoms with Gasteiger partial charge in [0.05, 0.1) is 0 Å². The number of hydrogen-bond donors (Lipinski definition) is 1. The van der Waals surface area contributed by atoms with Crippen molar-refractivity contribution in [1.29, 1.82) is 0 Å². The van der Waals surface area contributed by atoms with E-state index in [1.807, 2.05) is 36.4 Å². The second-order valence-corrected chi connectivity index (χ2v) is 8.05. The summed E-state index contributed by atoms with van der Waals surface area (Å²) in [5.74, 6) is -0.772. The molecule has 1 aliphatic rings. The van der Waals surface area contributed by atoms with Crippen LogP contribution < -0.4 is 5.32 Å². The van der Waals surface area contributed by atoms with E-state index in [2.05, 4.69) is 21.2 Å². The molecule has 3 aromatic carbocycles. The van der Waals surface area contributed by atoms with Crippen LogP contribution in [-0.4, -0.2) is 28.7 Å². The first-order chi connectivity index (χ1) is 14.4. The van der Waals surface area contributed by atoms with Gasteiger partial charge in [0, 0.05) is 10.0 Å². The number of carbonyl (C=O) groups is 3. The molecule has 1 fully saturated rings. The van der Waals surface area contributed by atoms with E-state index in [1.54, 1.807) is 55.5 Å². The smallest absolute Gasteiger partial charge is 0.315 e. The molecule has 6 heteroatoms. The molecule has 5 nitrogen and oxygen atoms in total. The standard InChI is InChI=1S/C24H19BrN2O3/c1-16(21(28)17-12-14-20(25)15-13-17)27-22(29)24(26-23(27)30,18-8-4-2-5-9-18)19-10-6-3-7-11-19/h2-16H,1H3,(H,26,30)/t16-/m1/s1. The molecular weight excluding hydrogens is 444 g/mol. The zero-order chi connectivity index (χ0) is 21.3. The van der Waals surface area contributed by atoms with Gasteiger partial charge in [-0.2, -0.15) is 0 Å². The van der Waals surface area contributed by atoms with E-state index < -0.39 is 23.5 Å². The molecule has 0 unspecified atom stereocenters. The molecule has 0 aromatic heterocycles. The van der Waals surface area contributed by atoms with Crippen LogP contribution in [0.5, 0.6) is 0 Å².